The van der Waals surface area contributed by atoms with E-state index in [0.717, 1.165) is 13.0 Å². The van der Waals surface area contributed by atoms with Crippen molar-refractivity contribution in [2.24, 2.45) is 0 Å². The lowest BCUT2D eigenvalue weighted by molar-refractivity contribution is -0.125. The Morgan fingerprint density at radius 2 is 2.33 bits per heavy atom. The van der Waals surface area contributed by atoms with E-state index in [2.05, 4.69) is 19.2 Å². The third kappa shape index (κ3) is 5.21. The van der Waals surface area contributed by atoms with Gasteiger partial charge in [0, 0.05) is 13.0 Å². The Balaban J connectivity index is 0.000000261. The molecule has 0 bridgehead atoms. The van der Waals surface area contributed by atoms with Crippen molar-refractivity contribution in [3.05, 3.63) is 12.8 Å². The zero-order valence-electron chi connectivity index (χ0n) is 7.23. The van der Waals surface area contributed by atoms with Crippen LogP contribution in [-0.2, 0) is 4.79 Å². The van der Waals surface area contributed by atoms with Gasteiger partial charge in [-0.15, -0.1) is 12.6 Å². The maximum Gasteiger partial charge on any atom is 0.226 e. The van der Waals surface area contributed by atoms with Crippen molar-refractivity contribution in [1.82, 2.24) is 4.90 Å². The molecule has 1 heterocycles. The molecule has 1 unspecified atom stereocenters. The zero-order valence-corrected chi connectivity index (χ0v) is 8.13. The molecule has 0 radical (unpaired) electrons. The first-order valence-corrected chi connectivity index (χ1v) is 4.37. The number of nitrogens with zero attached hydrogens (tertiary/aromatic N) is 1. The van der Waals surface area contributed by atoms with E-state index < -0.39 is 5.44 Å². The molecular weight excluding hydrogens is 174 g/mol. The smallest absolute Gasteiger partial charge is 0.226 e. The van der Waals surface area contributed by atoms with Crippen LogP contribution in [0.3, 0.4) is 0 Å². The summed E-state index contributed by atoms with van der Waals surface area (Å²) in [7, 11) is 0. The molecule has 0 spiro atoms. The second-order valence-corrected chi connectivity index (χ2v) is 3.25. The van der Waals surface area contributed by atoms with Crippen LogP contribution in [0, 0.1) is 0 Å². The molecule has 1 aliphatic rings. The van der Waals surface area contributed by atoms with Crippen LogP contribution in [0.25, 0.3) is 0 Å². The fourth-order valence-electron chi connectivity index (χ4n) is 0.862. The van der Waals surface area contributed by atoms with E-state index in [4.69, 9.17) is 5.11 Å². The van der Waals surface area contributed by atoms with Crippen LogP contribution < -0.4 is 0 Å². The predicted octanol–water partition coefficient (Wildman–Crippen LogP) is 1.01. The van der Waals surface area contributed by atoms with Crippen molar-refractivity contribution in [2.75, 3.05) is 6.54 Å². The Bertz CT molecular complexity index is 156. The van der Waals surface area contributed by atoms with Crippen LogP contribution in [-0.4, -0.2) is 27.9 Å². The minimum absolute atomic E-state index is 0.208. The van der Waals surface area contributed by atoms with Crippen molar-refractivity contribution in [1.29, 1.82) is 0 Å². The fourth-order valence-corrected chi connectivity index (χ4v) is 0.862. The standard InChI is InChI=1S/C6H9NO.C2H6OS/c1-2-7-5-3-4-6(7)8;1-2(3)4/h2H,1,3-5H2;2-4H,1H3. The quantitative estimate of drug-likeness (QED) is 0.477. The Labute approximate surface area is 78.5 Å². The largest absolute Gasteiger partial charge is 0.383 e. The Morgan fingerprint density at radius 1 is 1.83 bits per heavy atom. The first-order chi connectivity index (χ1) is 5.57. The minimum Gasteiger partial charge on any atom is -0.383 e. The molecule has 0 aromatic rings. The van der Waals surface area contributed by atoms with Gasteiger partial charge in [0.2, 0.25) is 5.91 Å². The second kappa shape index (κ2) is 6.08. The third-order valence-electron chi connectivity index (χ3n) is 1.33. The number of likely N-dealkylation sites (tertiary alicyclic amines) is 1. The third-order valence-corrected chi connectivity index (χ3v) is 1.33. The molecule has 70 valence electrons. The minimum atomic E-state index is -0.472. The highest BCUT2D eigenvalue weighted by atomic mass is 32.1. The van der Waals surface area contributed by atoms with Gasteiger partial charge in [0.05, 0.1) is 5.44 Å². The summed E-state index contributed by atoms with van der Waals surface area (Å²) in [5.74, 6) is 0.208. The number of hydrogen-bond acceptors (Lipinski definition) is 3. The maximum atomic E-state index is 10.7. The number of thiol groups is 1. The van der Waals surface area contributed by atoms with Crippen molar-refractivity contribution < 1.29 is 9.90 Å². The van der Waals surface area contributed by atoms with Gasteiger partial charge in [-0.05, 0) is 19.5 Å². The number of carbonyl (C=O) groups excluding carboxylic acids is 1. The van der Waals surface area contributed by atoms with Crippen molar-refractivity contribution in [2.45, 2.75) is 25.2 Å². The van der Waals surface area contributed by atoms with E-state index in [0.29, 0.717) is 6.42 Å². The average molecular weight is 189 g/mol. The molecule has 1 N–H and O–H groups in total. The van der Waals surface area contributed by atoms with E-state index in [-0.39, 0.29) is 5.91 Å². The Hall–Kier alpha value is -0.480. The summed E-state index contributed by atoms with van der Waals surface area (Å²) in [6.07, 6.45) is 3.28. The maximum absolute atomic E-state index is 10.7. The van der Waals surface area contributed by atoms with E-state index in [1.54, 1.807) is 18.0 Å². The normalized spacial score (nSPS) is 18.2. The monoisotopic (exact) mass is 189 g/mol. The number of carbonyl (C=O) groups is 1. The summed E-state index contributed by atoms with van der Waals surface area (Å²) in [6, 6.07) is 0. The number of aliphatic hydroxyl groups is 1. The first-order valence-electron chi connectivity index (χ1n) is 3.86. The van der Waals surface area contributed by atoms with Gasteiger partial charge in [0.25, 0.3) is 0 Å². The summed E-state index contributed by atoms with van der Waals surface area (Å²) >= 11 is 3.52. The van der Waals surface area contributed by atoms with Crippen molar-refractivity contribution in [3.8, 4) is 0 Å². The lowest BCUT2D eigenvalue weighted by atomic mass is 10.4. The molecule has 0 aliphatic carbocycles. The summed E-state index contributed by atoms with van der Waals surface area (Å²) in [5, 5.41) is 7.92. The van der Waals surface area contributed by atoms with E-state index in [1.165, 1.54) is 0 Å². The molecule has 1 fully saturated rings. The summed E-state index contributed by atoms with van der Waals surface area (Å²) in [5.41, 5.74) is -0.472. The predicted molar refractivity (Wildman–Crippen MR) is 51.8 cm³/mol. The molecule has 12 heavy (non-hydrogen) atoms. The van der Waals surface area contributed by atoms with E-state index >= 15 is 0 Å². The van der Waals surface area contributed by atoms with E-state index in [9.17, 15) is 4.79 Å². The first kappa shape index (κ1) is 11.5. The molecule has 4 heteroatoms. The van der Waals surface area contributed by atoms with Crippen molar-refractivity contribution >= 4 is 18.5 Å². The highest BCUT2D eigenvalue weighted by molar-refractivity contribution is 7.80. The van der Waals surface area contributed by atoms with Crippen LogP contribution in [0.2, 0.25) is 0 Å². The lowest BCUT2D eigenvalue weighted by Gasteiger charge is -2.05. The van der Waals surface area contributed by atoms with Gasteiger partial charge in [-0.1, -0.05) is 6.58 Å². The Morgan fingerprint density at radius 3 is 2.50 bits per heavy atom. The van der Waals surface area contributed by atoms with Gasteiger partial charge < -0.3 is 10.0 Å². The highest BCUT2D eigenvalue weighted by Gasteiger charge is 2.15. The fraction of sp³-hybridized carbons (Fsp3) is 0.625. The average Bonchev–Trinajstić information content (AvgIpc) is 2.33. The van der Waals surface area contributed by atoms with Crippen LogP contribution in [0.1, 0.15) is 19.8 Å². The van der Waals surface area contributed by atoms with Gasteiger partial charge >= 0.3 is 0 Å². The highest BCUT2D eigenvalue weighted by Crippen LogP contribution is 2.08. The van der Waals surface area contributed by atoms with Gasteiger partial charge in [0.15, 0.2) is 0 Å². The molecular formula is C8H15NO2S. The van der Waals surface area contributed by atoms with Crippen LogP contribution >= 0.6 is 12.6 Å². The number of rotatable bonds is 1. The van der Waals surface area contributed by atoms with Gasteiger partial charge in [-0.3, -0.25) is 4.79 Å². The lowest BCUT2D eigenvalue weighted by Crippen LogP contribution is -2.16. The molecule has 0 aromatic heterocycles. The topological polar surface area (TPSA) is 40.5 Å². The SMILES string of the molecule is C=CN1CCCC1=O.CC(O)S. The molecule has 0 saturated carbocycles. The summed E-state index contributed by atoms with van der Waals surface area (Å²) < 4.78 is 0. The van der Waals surface area contributed by atoms with Crippen LogP contribution in [0.15, 0.2) is 12.8 Å². The summed E-state index contributed by atoms with van der Waals surface area (Å²) in [4.78, 5) is 12.3. The molecule has 1 saturated heterocycles. The number of hydrogen-bond donors (Lipinski definition) is 2. The summed E-state index contributed by atoms with van der Waals surface area (Å²) in [6.45, 7) is 5.95. The number of amides is 1. The second-order valence-electron chi connectivity index (χ2n) is 2.51. The molecule has 0 aromatic carbocycles. The molecule has 1 rings (SSSR count). The molecule has 1 aliphatic heterocycles. The van der Waals surface area contributed by atoms with Crippen molar-refractivity contribution in [3.63, 3.8) is 0 Å². The molecule has 1 atom stereocenters. The van der Waals surface area contributed by atoms with Gasteiger partial charge in [-0.2, -0.15) is 0 Å². The van der Waals surface area contributed by atoms with E-state index in [1.807, 2.05) is 0 Å². The zero-order chi connectivity index (χ0) is 9.56. The molecule has 1 amide bonds. The molecule has 3 nitrogen and oxygen atoms in total. The number of aliphatic hydroxyl groups excluding tert-OH is 1. The Kier molecular flexibility index (Phi) is 5.84. The van der Waals surface area contributed by atoms with Crippen LogP contribution in [0.4, 0.5) is 0 Å². The van der Waals surface area contributed by atoms with Gasteiger partial charge in [-0.25, -0.2) is 0 Å². The van der Waals surface area contributed by atoms with Crippen LogP contribution in [0.5, 0.6) is 0 Å². The van der Waals surface area contributed by atoms with Gasteiger partial charge in [0.1, 0.15) is 0 Å².